The Kier molecular flexibility index (Phi) is 5.95. The van der Waals surface area contributed by atoms with Crippen LogP contribution in [0.5, 0.6) is 5.75 Å². The highest BCUT2D eigenvalue weighted by Crippen LogP contribution is 2.38. The van der Waals surface area contributed by atoms with Crippen LogP contribution in [0.2, 0.25) is 0 Å². The van der Waals surface area contributed by atoms with Crippen molar-refractivity contribution in [2.75, 3.05) is 26.2 Å². The first-order chi connectivity index (χ1) is 15.7. The van der Waals surface area contributed by atoms with Crippen LogP contribution in [-0.4, -0.2) is 46.8 Å². The van der Waals surface area contributed by atoms with Gasteiger partial charge in [-0.15, -0.1) is 0 Å². The number of hydrogen-bond donors (Lipinski definition) is 1. The number of ether oxygens (including phenoxy) is 1. The molecule has 166 valence electrons. The average Bonchev–Trinajstić information content (AvgIpc) is 3.18. The van der Waals surface area contributed by atoms with Gasteiger partial charge in [0.25, 0.3) is 5.91 Å². The fraction of sp³-hybridized carbons (Fsp3) is 0.385. The third-order valence-electron chi connectivity index (χ3n) is 6.66. The molecule has 0 bridgehead atoms. The molecule has 2 aliphatic rings. The molecule has 3 heterocycles. The van der Waals surface area contributed by atoms with Crippen LogP contribution in [0, 0.1) is 5.92 Å². The summed E-state index contributed by atoms with van der Waals surface area (Å²) in [5, 5.41) is 7.59. The molecule has 1 fully saturated rings. The number of hydrogen-bond acceptors (Lipinski definition) is 4. The van der Waals surface area contributed by atoms with Gasteiger partial charge in [-0.25, -0.2) is 0 Å². The summed E-state index contributed by atoms with van der Waals surface area (Å²) in [7, 11) is 1.89. The van der Waals surface area contributed by atoms with Crippen molar-refractivity contribution >= 4 is 5.91 Å². The number of amides is 1. The Morgan fingerprint density at radius 2 is 1.84 bits per heavy atom. The van der Waals surface area contributed by atoms with E-state index in [9.17, 15) is 4.79 Å². The van der Waals surface area contributed by atoms with Crippen LogP contribution in [0.3, 0.4) is 0 Å². The number of aryl methyl sites for hydroxylation is 1. The topological polar surface area (TPSA) is 59.4 Å². The molecule has 2 aromatic carbocycles. The Labute approximate surface area is 189 Å². The van der Waals surface area contributed by atoms with E-state index >= 15 is 0 Å². The number of carbonyl (C=O) groups is 1. The molecule has 0 spiro atoms. The first kappa shape index (κ1) is 20.8. The van der Waals surface area contributed by atoms with Gasteiger partial charge in [0.2, 0.25) is 0 Å². The van der Waals surface area contributed by atoms with Gasteiger partial charge < -0.3 is 15.0 Å². The van der Waals surface area contributed by atoms with Crippen molar-refractivity contribution < 1.29 is 9.53 Å². The minimum absolute atomic E-state index is 0.121. The van der Waals surface area contributed by atoms with Crippen LogP contribution in [0.1, 0.15) is 34.5 Å². The van der Waals surface area contributed by atoms with Crippen LogP contribution in [0.25, 0.3) is 11.3 Å². The second-order valence-corrected chi connectivity index (χ2v) is 8.81. The number of rotatable bonds is 6. The van der Waals surface area contributed by atoms with Crippen molar-refractivity contribution in [2.24, 2.45) is 13.0 Å². The number of piperidine rings is 1. The van der Waals surface area contributed by atoms with Crippen molar-refractivity contribution in [3.05, 3.63) is 71.4 Å². The van der Waals surface area contributed by atoms with Gasteiger partial charge in [0.05, 0.1) is 5.69 Å². The Morgan fingerprint density at radius 3 is 2.66 bits per heavy atom. The molecule has 0 aliphatic carbocycles. The summed E-state index contributed by atoms with van der Waals surface area (Å²) >= 11 is 0. The van der Waals surface area contributed by atoms with E-state index in [0.29, 0.717) is 18.8 Å². The van der Waals surface area contributed by atoms with Gasteiger partial charge in [-0.3, -0.25) is 9.48 Å². The van der Waals surface area contributed by atoms with Gasteiger partial charge in [-0.1, -0.05) is 42.5 Å². The zero-order valence-corrected chi connectivity index (χ0v) is 18.6. The van der Waals surface area contributed by atoms with E-state index in [1.165, 1.54) is 24.8 Å². The smallest absolute Gasteiger partial charge is 0.272 e. The fourth-order valence-corrected chi connectivity index (χ4v) is 4.93. The highest BCUT2D eigenvalue weighted by molar-refractivity contribution is 5.96. The van der Waals surface area contributed by atoms with Gasteiger partial charge in [0, 0.05) is 31.3 Å². The van der Waals surface area contributed by atoms with Gasteiger partial charge in [-0.05, 0) is 56.0 Å². The molecule has 1 saturated heterocycles. The van der Waals surface area contributed by atoms with E-state index in [-0.39, 0.29) is 5.91 Å². The summed E-state index contributed by atoms with van der Waals surface area (Å²) in [6.45, 7) is 4.06. The van der Waals surface area contributed by atoms with Crippen LogP contribution in [-0.2, 0) is 20.1 Å². The zero-order valence-electron chi connectivity index (χ0n) is 18.6. The van der Waals surface area contributed by atoms with E-state index in [4.69, 9.17) is 4.74 Å². The number of fused-ring (bicyclic) bond motifs is 3. The minimum atomic E-state index is -0.121. The normalized spacial score (nSPS) is 16.2. The molecule has 0 radical (unpaired) electrons. The summed E-state index contributed by atoms with van der Waals surface area (Å²) in [6.07, 6.45) is 3.60. The predicted octanol–water partition coefficient (Wildman–Crippen LogP) is 3.66. The second kappa shape index (κ2) is 9.17. The number of carbonyl (C=O) groups excluding carboxylic acids is 1. The van der Waals surface area contributed by atoms with Crippen LogP contribution < -0.4 is 10.1 Å². The number of likely N-dealkylation sites (tertiary alicyclic amines) is 1. The summed E-state index contributed by atoms with van der Waals surface area (Å²) in [6, 6.07) is 18.7. The van der Waals surface area contributed by atoms with E-state index in [1.807, 2.05) is 31.3 Å². The number of benzene rings is 2. The lowest BCUT2D eigenvalue weighted by Gasteiger charge is -2.32. The van der Waals surface area contributed by atoms with Crippen molar-refractivity contribution in [3.63, 3.8) is 0 Å². The quantitative estimate of drug-likeness (QED) is 0.648. The van der Waals surface area contributed by atoms with Gasteiger partial charge in [0.15, 0.2) is 5.69 Å². The van der Waals surface area contributed by atoms with Gasteiger partial charge >= 0.3 is 0 Å². The number of nitrogens with one attached hydrogen (secondary N) is 1. The Bertz CT molecular complexity index is 1080. The van der Waals surface area contributed by atoms with Gasteiger partial charge in [-0.2, -0.15) is 5.10 Å². The molecule has 0 unspecified atom stereocenters. The van der Waals surface area contributed by atoms with E-state index in [1.54, 1.807) is 4.68 Å². The predicted molar refractivity (Wildman–Crippen MR) is 125 cm³/mol. The van der Waals surface area contributed by atoms with E-state index < -0.39 is 0 Å². The first-order valence-electron chi connectivity index (χ1n) is 11.5. The Morgan fingerprint density at radius 1 is 1.09 bits per heavy atom. The van der Waals surface area contributed by atoms with Gasteiger partial charge in [0.1, 0.15) is 12.4 Å². The summed E-state index contributed by atoms with van der Waals surface area (Å²) in [5.41, 5.74) is 4.73. The number of nitrogens with zero attached hydrogens (tertiary/aromatic N) is 3. The van der Waals surface area contributed by atoms with Crippen molar-refractivity contribution in [1.29, 1.82) is 0 Å². The standard InChI is InChI=1S/C26H30N4O2/c1-29-25-21-9-5-6-10-23(21)32-18-22(25)24(28-29)26(31)27-13-16-30-14-11-20(12-15-30)17-19-7-3-2-4-8-19/h2-10,20H,11-18H2,1H3,(H,27,31). The largest absolute Gasteiger partial charge is 0.488 e. The highest BCUT2D eigenvalue weighted by Gasteiger charge is 2.28. The highest BCUT2D eigenvalue weighted by atomic mass is 16.5. The molecule has 32 heavy (non-hydrogen) atoms. The lowest BCUT2D eigenvalue weighted by Crippen LogP contribution is -2.40. The molecule has 5 rings (SSSR count). The number of aromatic nitrogens is 2. The molecular weight excluding hydrogens is 400 g/mol. The van der Waals surface area contributed by atoms with E-state index in [0.717, 1.165) is 48.1 Å². The molecule has 0 atom stereocenters. The maximum Gasteiger partial charge on any atom is 0.272 e. The number of para-hydroxylation sites is 1. The molecule has 1 N–H and O–H groups in total. The molecule has 6 nitrogen and oxygen atoms in total. The monoisotopic (exact) mass is 430 g/mol. The average molecular weight is 431 g/mol. The SMILES string of the molecule is Cn1nc(C(=O)NCCN2CCC(Cc3ccccc3)CC2)c2c1-c1ccccc1OC2. The molecular formula is C26H30N4O2. The summed E-state index contributed by atoms with van der Waals surface area (Å²) in [5.74, 6) is 1.47. The molecule has 3 aromatic rings. The lowest BCUT2D eigenvalue weighted by molar-refractivity contribution is 0.0935. The van der Waals surface area contributed by atoms with Crippen molar-refractivity contribution in [3.8, 4) is 17.0 Å². The molecule has 2 aliphatic heterocycles. The van der Waals surface area contributed by atoms with Crippen LogP contribution >= 0.6 is 0 Å². The summed E-state index contributed by atoms with van der Waals surface area (Å²) in [4.78, 5) is 15.3. The third-order valence-corrected chi connectivity index (χ3v) is 6.66. The van der Waals surface area contributed by atoms with Crippen LogP contribution in [0.15, 0.2) is 54.6 Å². The zero-order chi connectivity index (χ0) is 21.9. The molecule has 0 saturated carbocycles. The molecule has 6 heteroatoms. The van der Waals surface area contributed by atoms with Crippen molar-refractivity contribution in [2.45, 2.75) is 25.9 Å². The fourth-order valence-electron chi connectivity index (χ4n) is 4.93. The molecule has 1 amide bonds. The van der Waals surface area contributed by atoms with Crippen LogP contribution in [0.4, 0.5) is 0 Å². The maximum absolute atomic E-state index is 12.9. The summed E-state index contributed by atoms with van der Waals surface area (Å²) < 4.78 is 7.66. The Balaban J connectivity index is 1.13. The lowest BCUT2D eigenvalue weighted by atomic mass is 9.90. The van der Waals surface area contributed by atoms with Crippen molar-refractivity contribution in [1.82, 2.24) is 20.0 Å². The molecule has 1 aromatic heterocycles. The Hall–Kier alpha value is -3.12. The second-order valence-electron chi connectivity index (χ2n) is 8.81. The van der Waals surface area contributed by atoms with E-state index in [2.05, 4.69) is 45.6 Å². The first-order valence-corrected chi connectivity index (χ1v) is 11.5. The third kappa shape index (κ3) is 4.28. The maximum atomic E-state index is 12.9. The minimum Gasteiger partial charge on any atom is -0.488 e.